The monoisotopic (exact) mass is 353 g/mol. The van der Waals surface area contributed by atoms with Crippen LogP contribution in [0.15, 0.2) is 40.9 Å². The number of benzene rings is 2. The molecule has 2 aromatic rings. The highest BCUT2D eigenvalue weighted by Crippen LogP contribution is 2.34. The van der Waals surface area contributed by atoms with Crippen molar-refractivity contribution in [2.75, 3.05) is 7.05 Å². The van der Waals surface area contributed by atoms with Crippen LogP contribution >= 0.6 is 27.5 Å². The zero-order chi connectivity index (χ0) is 14.7. The third-order valence-electron chi connectivity index (χ3n) is 3.26. The summed E-state index contributed by atoms with van der Waals surface area (Å²) < 4.78 is 6.86. The van der Waals surface area contributed by atoms with Gasteiger partial charge in [0.25, 0.3) is 0 Å². The van der Waals surface area contributed by atoms with Gasteiger partial charge in [0.1, 0.15) is 11.5 Å². The van der Waals surface area contributed by atoms with E-state index in [0.29, 0.717) is 11.1 Å². The summed E-state index contributed by atoms with van der Waals surface area (Å²) in [6.45, 7) is 4.11. The lowest BCUT2D eigenvalue weighted by Gasteiger charge is -2.14. The number of nitrogens with one attached hydrogen (secondary N) is 1. The van der Waals surface area contributed by atoms with Gasteiger partial charge in [0.05, 0.1) is 4.47 Å². The van der Waals surface area contributed by atoms with Crippen molar-refractivity contribution in [3.8, 4) is 11.5 Å². The molecule has 2 nitrogen and oxygen atoms in total. The smallest absolute Gasteiger partial charge is 0.141 e. The van der Waals surface area contributed by atoms with E-state index in [1.165, 1.54) is 5.56 Å². The van der Waals surface area contributed by atoms with Crippen LogP contribution in [-0.4, -0.2) is 7.05 Å². The summed E-state index contributed by atoms with van der Waals surface area (Å²) in [5.74, 6) is 1.55. The van der Waals surface area contributed by atoms with E-state index >= 15 is 0 Å². The van der Waals surface area contributed by atoms with Gasteiger partial charge in [0, 0.05) is 11.1 Å². The average Bonchev–Trinajstić information content (AvgIpc) is 2.44. The Labute approximate surface area is 133 Å². The molecule has 0 saturated heterocycles. The molecule has 0 aliphatic carbocycles. The van der Waals surface area contributed by atoms with Crippen LogP contribution in [-0.2, 0) is 0 Å². The first kappa shape index (κ1) is 15.4. The molecule has 0 saturated carbocycles. The van der Waals surface area contributed by atoms with Crippen molar-refractivity contribution >= 4 is 27.5 Å². The van der Waals surface area contributed by atoms with Crippen LogP contribution in [0.2, 0.25) is 5.02 Å². The second-order valence-corrected chi connectivity index (χ2v) is 6.00. The summed E-state index contributed by atoms with van der Waals surface area (Å²) in [5, 5.41) is 3.88. The van der Waals surface area contributed by atoms with E-state index in [4.69, 9.17) is 16.3 Å². The minimum Gasteiger partial charge on any atom is -0.456 e. The fourth-order valence-corrected chi connectivity index (χ4v) is 2.48. The predicted octanol–water partition coefficient (Wildman–Crippen LogP) is 5.48. The lowest BCUT2D eigenvalue weighted by atomic mass is 10.1. The minimum absolute atomic E-state index is 0.299. The third-order valence-corrected chi connectivity index (χ3v) is 4.11. The van der Waals surface area contributed by atoms with Crippen LogP contribution in [0, 0.1) is 6.92 Å². The average molecular weight is 355 g/mol. The summed E-state index contributed by atoms with van der Waals surface area (Å²) >= 11 is 9.57. The van der Waals surface area contributed by atoms with Gasteiger partial charge in [-0.25, -0.2) is 0 Å². The summed E-state index contributed by atoms with van der Waals surface area (Å²) in [4.78, 5) is 0. The van der Waals surface area contributed by atoms with Crippen molar-refractivity contribution in [2.45, 2.75) is 19.9 Å². The molecule has 2 rings (SSSR count). The third kappa shape index (κ3) is 3.54. The zero-order valence-electron chi connectivity index (χ0n) is 11.7. The largest absolute Gasteiger partial charge is 0.456 e. The molecular weight excluding hydrogens is 338 g/mol. The van der Waals surface area contributed by atoms with Crippen LogP contribution in [0.1, 0.15) is 24.1 Å². The van der Waals surface area contributed by atoms with E-state index in [-0.39, 0.29) is 0 Å². The molecule has 106 valence electrons. The van der Waals surface area contributed by atoms with Gasteiger partial charge in [-0.1, -0.05) is 23.7 Å². The zero-order valence-corrected chi connectivity index (χ0v) is 14.0. The van der Waals surface area contributed by atoms with Crippen molar-refractivity contribution < 1.29 is 4.74 Å². The fraction of sp³-hybridized carbons (Fsp3) is 0.250. The Morgan fingerprint density at radius 1 is 1.15 bits per heavy atom. The summed E-state index contributed by atoms with van der Waals surface area (Å²) in [6.07, 6.45) is 0. The lowest BCUT2D eigenvalue weighted by molar-refractivity contribution is 0.475. The molecule has 0 bridgehead atoms. The normalized spacial score (nSPS) is 12.2. The fourth-order valence-electron chi connectivity index (χ4n) is 1.84. The molecule has 20 heavy (non-hydrogen) atoms. The number of ether oxygens (including phenoxy) is 1. The molecule has 0 amide bonds. The van der Waals surface area contributed by atoms with Crippen molar-refractivity contribution in [1.29, 1.82) is 0 Å². The van der Waals surface area contributed by atoms with Gasteiger partial charge in [0.15, 0.2) is 0 Å². The van der Waals surface area contributed by atoms with E-state index in [0.717, 1.165) is 21.5 Å². The lowest BCUT2D eigenvalue weighted by Crippen LogP contribution is -2.12. The van der Waals surface area contributed by atoms with Gasteiger partial charge in [-0.05, 0) is 72.2 Å². The van der Waals surface area contributed by atoms with E-state index in [1.807, 2.05) is 38.2 Å². The van der Waals surface area contributed by atoms with Crippen LogP contribution < -0.4 is 10.1 Å². The van der Waals surface area contributed by atoms with Gasteiger partial charge in [0.2, 0.25) is 0 Å². The molecule has 0 aliphatic heterocycles. The molecule has 4 heteroatoms. The second-order valence-electron chi connectivity index (χ2n) is 4.71. The van der Waals surface area contributed by atoms with Gasteiger partial charge in [-0.3, -0.25) is 0 Å². The molecule has 0 radical (unpaired) electrons. The molecule has 1 unspecified atom stereocenters. The number of hydrogen-bond donors (Lipinski definition) is 1. The molecular formula is C16H17BrClNO. The Morgan fingerprint density at radius 2 is 1.90 bits per heavy atom. The first-order valence-electron chi connectivity index (χ1n) is 6.42. The Kier molecular flexibility index (Phi) is 5.08. The molecule has 0 fully saturated rings. The quantitative estimate of drug-likeness (QED) is 0.784. The second kappa shape index (κ2) is 6.61. The van der Waals surface area contributed by atoms with Crippen molar-refractivity contribution in [3.05, 3.63) is 57.0 Å². The van der Waals surface area contributed by atoms with Gasteiger partial charge < -0.3 is 10.1 Å². The maximum atomic E-state index is 6.01. The van der Waals surface area contributed by atoms with Crippen LogP contribution in [0.5, 0.6) is 11.5 Å². The Morgan fingerprint density at radius 3 is 2.55 bits per heavy atom. The first-order valence-corrected chi connectivity index (χ1v) is 7.59. The van der Waals surface area contributed by atoms with E-state index in [9.17, 15) is 0 Å². The topological polar surface area (TPSA) is 21.3 Å². The highest BCUT2D eigenvalue weighted by molar-refractivity contribution is 9.10. The predicted molar refractivity (Wildman–Crippen MR) is 87.9 cm³/mol. The maximum absolute atomic E-state index is 6.01. The summed E-state index contributed by atoms with van der Waals surface area (Å²) in [6, 6.07) is 12.0. The summed E-state index contributed by atoms with van der Waals surface area (Å²) in [7, 11) is 1.94. The van der Waals surface area contributed by atoms with Crippen molar-refractivity contribution in [2.24, 2.45) is 0 Å². The van der Waals surface area contributed by atoms with Crippen LogP contribution in [0.4, 0.5) is 0 Å². The molecule has 0 spiro atoms. The molecule has 0 heterocycles. The molecule has 2 aromatic carbocycles. The van der Waals surface area contributed by atoms with Crippen molar-refractivity contribution in [3.63, 3.8) is 0 Å². The standard InChI is InChI=1S/C16H17BrClNO/c1-10-4-6-13(18)9-16(10)20-15-7-5-12(8-14(15)17)11(2)19-3/h4-9,11,19H,1-3H3. The number of rotatable bonds is 4. The highest BCUT2D eigenvalue weighted by atomic mass is 79.9. The van der Waals surface area contributed by atoms with Gasteiger partial charge >= 0.3 is 0 Å². The van der Waals surface area contributed by atoms with Crippen LogP contribution in [0.25, 0.3) is 0 Å². The van der Waals surface area contributed by atoms with Crippen molar-refractivity contribution in [1.82, 2.24) is 5.32 Å². The van der Waals surface area contributed by atoms with Gasteiger partial charge in [-0.15, -0.1) is 0 Å². The SMILES string of the molecule is CNC(C)c1ccc(Oc2cc(Cl)ccc2C)c(Br)c1. The Bertz CT molecular complexity index is 615. The molecule has 0 aliphatic rings. The van der Waals surface area contributed by atoms with Gasteiger partial charge in [-0.2, -0.15) is 0 Å². The Balaban J connectivity index is 2.28. The first-order chi connectivity index (χ1) is 9.51. The highest BCUT2D eigenvalue weighted by Gasteiger charge is 2.09. The van der Waals surface area contributed by atoms with Crippen LogP contribution in [0.3, 0.4) is 0 Å². The Hall–Kier alpha value is -1.03. The minimum atomic E-state index is 0.299. The molecule has 1 atom stereocenters. The van der Waals surface area contributed by atoms with E-state index in [1.54, 1.807) is 0 Å². The maximum Gasteiger partial charge on any atom is 0.141 e. The number of hydrogen-bond acceptors (Lipinski definition) is 2. The van der Waals surface area contributed by atoms with E-state index < -0.39 is 0 Å². The van der Waals surface area contributed by atoms with E-state index in [2.05, 4.69) is 40.3 Å². The number of aryl methyl sites for hydroxylation is 1. The number of halogens is 2. The summed E-state index contributed by atoms with van der Waals surface area (Å²) in [5.41, 5.74) is 2.25. The molecule has 0 aromatic heterocycles. The molecule has 1 N–H and O–H groups in total.